The van der Waals surface area contributed by atoms with Gasteiger partial charge in [0.25, 0.3) is 0 Å². The second-order valence-corrected chi connectivity index (χ2v) is 4.41. The molecule has 0 heterocycles. The third-order valence-electron chi connectivity index (χ3n) is 2.66. The van der Waals surface area contributed by atoms with Crippen molar-refractivity contribution in [1.82, 2.24) is 4.90 Å². The number of nitrogens with zero attached hydrogens (tertiary/aromatic N) is 1. The summed E-state index contributed by atoms with van der Waals surface area (Å²) in [6.45, 7) is 2.00. The minimum Gasteiger partial charge on any atom is -0.490 e. The van der Waals surface area contributed by atoms with Crippen LogP contribution in [-0.2, 0) is 0 Å². The van der Waals surface area contributed by atoms with Crippen molar-refractivity contribution in [3.05, 3.63) is 24.3 Å². The van der Waals surface area contributed by atoms with Crippen molar-refractivity contribution in [3.8, 4) is 11.5 Å². The molecule has 0 saturated carbocycles. The van der Waals surface area contributed by atoms with Crippen LogP contribution in [0.5, 0.6) is 11.5 Å². The van der Waals surface area contributed by atoms with Gasteiger partial charge in [0.1, 0.15) is 6.61 Å². The summed E-state index contributed by atoms with van der Waals surface area (Å²) in [5, 5.41) is 0. The predicted molar refractivity (Wildman–Crippen MR) is 74.7 cm³/mol. The van der Waals surface area contributed by atoms with E-state index < -0.39 is 12.7 Å². The highest BCUT2D eigenvalue weighted by Gasteiger charge is 2.30. The first-order chi connectivity index (χ1) is 9.96. The van der Waals surface area contributed by atoms with Crippen molar-refractivity contribution in [2.45, 2.75) is 13.1 Å². The van der Waals surface area contributed by atoms with Crippen LogP contribution in [-0.4, -0.2) is 50.5 Å². The van der Waals surface area contributed by atoms with Gasteiger partial charge in [0.2, 0.25) is 0 Å². The first-order valence-electron chi connectivity index (χ1n) is 6.80. The molecule has 0 aliphatic rings. The van der Waals surface area contributed by atoms with E-state index in [9.17, 15) is 13.2 Å². The Morgan fingerprint density at radius 2 is 1.71 bits per heavy atom. The van der Waals surface area contributed by atoms with Gasteiger partial charge in [0.15, 0.2) is 11.5 Å². The fourth-order valence-corrected chi connectivity index (χ4v) is 1.83. The largest absolute Gasteiger partial charge is 0.490 e. The van der Waals surface area contributed by atoms with E-state index in [1.165, 1.54) is 4.90 Å². The van der Waals surface area contributed by atoms with E-state index in [2.05, 4.69) is 0 Å². The molecule has 1 rings (SSSR count). The number of alkyl halides is 3. The van der Waals surface area contributed by atoms with Crippen molar-refractivity contribution in [2.75, 3.05) is 39.4 Å². The fourth-order valence-electron chi connectivity index (χ4n) is 1.83. The summed E-state index contributed by atoms with van der Waals surface area (Å²) >= 11 is 0. The molecule has 0 spiro atoms. The summed E-state index contributed by atoms with van der Waals surface area (Å²) in [6.07, 6.45) is -4.24. The van der Waals surface area contributed by atoms with E-state index in [0.717, 1.165) is 0 Å². The number of hydrogen-bond acceptors (Lipinski definition) is 4. The molecule has 0 saturated heterocycles. The van der Waals surface area contributed by atoms with E-state index in [1.54, 1.807) is 18.2 Å². The number of hydrogen-bond donors (Lipinski definition) is 1. The molecule has 0 unspecified atom stereocenters. The Balaban J connectivity index is 2.50. The Hall–Kier alpha value is -1.47. The van der Waals surface area contributed by atoms with Gasteiger partial charge in [0.05, 0.1) is 13.2 Å². The average Bonchev–Trinajstić information content (AvgIpc) is 2.39. The van der Waals surface area contributed by atoms with Crippen LogP contribution in [0, 0.1) is 0 Å². The van der Waals surface area contributed by atoms with Crippen LogP contribution in [0.25, 0.3) is 0 Å². The van der Waals surface area contributed by atoms with Gasteiger partial charge in [-0.05, 0) is 19.1 Å². The van der Waals surface area contributed by atoms with Gasteiger partial charge in [-0.15, -0.1) is 0 Å². The minimum atomic E-state index is -4.24. The normalized spacial score (nSPS) is 11.7. The Bertz CT molecular complexity index is 413. The van der Waals surface area contributed by atoms with Gasteiger partial charge in [0, 0.05) is 19.6 Å². The van der Waals surface area contributed by atoms with Gasteiger partial charge in [-0.3, -0.25) is 4.90 Å². The second-order valence-electron chi connectivity index (χ2n) is 4.41. The third kappa shape index (κ3) is 7.19. The molecular formula is C14H21F3N2O2. The van der Waals surface area contributed by atoms with Crippen molar-refractivity contribution in [1.29, 1.82) is 0 Å². The SMILES string of the molecule is CCOc1ccccc1OCCN(CCN)CC(F)(F)F. The number of halogens is 3. The maximum absolute atomic E-state index is 12.4. The van der Waals surface area contributed by atoms with E-state index in [1.807, 2.05) is 13.0 Å². The van der Waals surface area contributed by atoms with Crippen LogP contribution in [0.1, 0.15) is 6.92 Å². The molecule has 21 heavy (non-hydrogen) atoms. The number of para-hydroxylation sites is 2. The second kappa shape index (κ2) is 8.74. The van der Waals surface area contributed by atoms with Crippen molar-refractivity contribution in [3.63, 3.8) is 0 Å². The Kier molecular flexibility index (Phi) is 7.31. The van der Waals surface area contributed by atoms with Crippen LogP contribution in [0.2, 0.25) is 0 Å². The van der Waals surface area contributed by atoms with E-state index >= 15 is 0 Å². The quantitative estimate of drug-likeness (QED) is 0.760. The molecule has 7 heteroatoms. The number of benzene rings is 1. The number of rotatable bonds is 9. The highest BCUT2D eigenvalue weighted by atomic mass is 19.4. The molecule has 1 aromatic rings. The summed E-state index contributed by atoms with van der Waals surface area (Å²) in [7, 11) is 0. The molecule has 0 aromatic heterocycles. The molecule has 0 aliphatic heterocycles. The molecule has 0 aliphatic carbocycles. The maximum Gasteiger partial charge on any atom is 0.401 e. The molecule has 120 valence electrons. The van der Waals surface area contributed by atoms with Gasteiger partial charge in [-0.2, -0.15) is 13.2 Å². The van der Waals surface area contributed by atoms with Gasteiger partial charge >= 0.3 is 6.18 Å². The summed E-state index contributed by atoms with van der Waals surface area (Å²) in [5.41, 5.74) is 5.32. The predicted octanol–water partition coefficient (Wildman–Crippen LogP) is 2.29. The smallest absolute Gasteiger partial charge is 0.401 e. The summed E-state index contributed by atoms with van der Waals surface area (Å²) in [5.74, 6) is 1.11. The summed E-state index contributed by atoms with van der Waals surface area (Å²) < 4.78 is 48.1. The zero-order valence-electron chi connectivity index (χ0n) is 12.0. The van der Waals surface area contributed by atoms with E-state index in [-0.39, 0.29) is 26.2 Å². The van der Waals surface area contributed by atoms with Crippen LogP contribution in [0.4, 0.5) is 13.2 Å². The lowest BCUT2D eigenvalue weighted by Gasteiger charge is -2.23. The van der Waals surface area contributed by atoms with Crippen LogP contribution in [0.3, 0.4) is 0 Å². The molecule has 0 fully saturated rings. The van der Waals surface area contributed by atoms with Crippen LogP contribution >= 0.6 is 0 Å². The van der Waals surface area contributed by atoms with Crippen molar-refractivity contribution >= 4 is 0 Å². The molecule has 2 N–H and O–H groups in total. The topological polar surface area (TPSA) is 47.7 Å². The van der Waals surface area contributed by atoms with Crippen LogP contribution in [0.15, 0.2) is 24.3 Å². The molecule has 0 radical (unpaired) electrons. The summed E-state index contributed by atoms with van der Waals surface area (Å²) in [6, 6.07) is 7.07. The monoisotopic (exact) mass is 306 g/mol. The Labute approximate surface area is 122 Å². The highest BCUT2D eigenvalue weighted by molar-refractivity contribution is 5.39. The molecule has 0 atom stereocenters. The third-order valence-corrected chi connectivity index (χ3v) is 2.66. The fraction of sp³-hybridized carbons (Fsp3) is 0.571. The number of ether oxygens (including phenoxy) is 2. The van der Waals surface area contributed by atoms with Gasteiger partial charge in [-0.1, -0.05) is 12.1 Å². The molecule has 4 nitrogen and oxygen atoms in total. The lowest BCUT2D eigenvalue weighted by atomic mass is 10.3. The average molecular weight is 306 g/mol. The molecular weight excluding hydrogens is 285 g/mol. The van der Waals surface area contributed by atoms with Crippen molar-refractivity contribution < 1.29 is 22.6 Å². The lowest BCUT2D eigenvalue weighted by molar-refractivity contribution is -0.146. The number of nitrogens with two attached hydrogens (primary N) is 1. The first kappa shape index (κ1) is 17.6. The van der Waals surface area contributed by atoms with Gasteiger partial charge in [-0.25, -0.2) is 0 Å². The van der Waals surface area contributed by atoms with Crippen molar-refractivity contribution in [2.24, 2.45) is 5.73 Å². The Morgan fingerprint density at radius 1 is 1.10 bits per heavy atom. The zero-order valence-corrected chi connectivity index (χ0v) is 12.0. The first-order valence-corrected chi connectivity index (χ1v) is 6.80. The zero-order chi connectivity index (χ0) is 15.7. The molecule has 0 amide bonds. The lowest BCUT2D eigenvalue weighted by Crippen LogP contribution is -2.39. The molecule has 0 bridgehead atoms. The Morgan fingerprint density at radius 3 is 2.24 bits per heavy atom. The molecule has 1 aromatic carbocycles. The highest BCUT2D eigenvalue weighted by Crippen LogP contribution is 2.26. The van der Waals surface area contributed by atoms with Crippen LogP contribution < -0.4 is 15.2 Å². The van der Waals surface area contributed by atoms with Gasteiger partial charge < -0.3 is 15.2 Å². The standard InChI is InChI=1S/C14H21F3N2O2/c1-2-20-12-5-3-4-6-13(12)21-10-9-19(8-7-18)11-14(15,16)17/h3-6H,2,7-11,18H2,1H3. The maximum atomic E-state index is 12.4. The summed E-state index contributed by atoms with van der Waals surface area (Å²) in [4.78, 5) is 1.23. The minimum absolute atomic E-state index is 0.139. The van der Waals surface area contributed by atoms with E-state index in [4.69, 9.17) is 15.2 Å². The van der Waals surface area contributed by atoms with E-state index in [0.29, 0.717) is 18.1 Å².